The van der Waals surface area contributed by atoms with Gasteiger partial charge in [-0.15, -0.1) is 13.2 Å². The topological polar surface area (TPSA) is 39.1 Å². The van der Waals surface area contributed by atoms with Gasteiger partial charge in [0.25, 0.3) is 0 Å². The molecule has 3 aromatic rings. The van der Waals surface area contributed by atoms with Crippen molar-refractivity contribution in [3.63, 3.8) is 0 Å². The minimum atomic E-state index is -4.70. The van der Waals surface area contributed by atoms with E-state index in [0.29, 0.717) is 16.4 Å². The van der Waals surface area contributed by atoms with Crippen LogP contribution in [0.15, 0.2) is 48.5 Å². The van der Waals surface area contributed by atoms with E-state index in [9.17, 15) is 13.2 Å². The summed E-state index contributed by atoms with van der Waals surface area (Å²) in [4.78, 5) is 0. The smallest absolute Gasteiger partial charge is 0.406 e. The lowest BCUT2D eigenvalue weighted by Gasteiger charge is -2.08. The van der Waals surface area contributed by atoms with Crippen LogP contribution in [0.5, 0.6) is 5.75 Å². The van der Waals surface area contributed by atoms with Gasteiger partial charge in [0, 0.05) is 6.07 Å². The molecule has 7 heteroatoms. The van der Waals surface area contributed by atoms with Gasteiger partial charge in [-0.25, -0.2) is 4.57 Å². The third kappa shape index (κ3) is 3.14. The first-order valence-corrected chi connectivity index (χ1v) is 7.25. The predicted octanol–water partition coefficient (Wildman–Crippen LogP) is 3.72. The molecule has 0 atom stereocenters. The highest BCUT2D eigenvalue weighted by molar-refractivity contribution is 7.21. The lowest BCUT2D eigenvalue weighted by molar-refractivity contribution is -0.644. The van der Waals surface area contributed by atoms with Gasteiger partial charge >= 0.3 is 11.5 Å². The largest absolute Gasteiger partial charge is 0.573 e. The molecule has 0 saturated heterocycles. The van der Waals surface area contributed by atoms with Gasteiger partial charge in [0.2, 0.25) is 0 Å². The standard InChI is InChI=1S/C15H11F3N2OS/c16-15(17,18)21-11-6-7-12-13(8-11)22-14(19)20(12)9-10-4-2-1-3-5-10/h1-8,19H,9H2/p+1. The molecule has 114 valence electrons. The fourth-order valence-electron chi connectivity index (χ4n) is 2.21. The molecule has 0 amide bonds. The number of benzene rings is 2. The van der Waals surface area contributed by atoms with Crippen molar-refractivity contribution in [2.24, 2.45) is 0 Å². The summed E-state index contributed by atoms with van der Waals surface area (Å²) in [6, 6.07) is 13.9. The average molecular weight is 325 g/mol. The van der Waals surface area contributed by atoms with Crippen LogP contribution < -0.4 is 15.0 Å². The van der Waals surface area contributed by atoms with Crippen LogP contribution in [0.25, 0.3) is 10.2 Å². The van der Waals surface area contributed by atoms with Crippen LogP contribution in [0.4, 0.5) is 18.3 Å². The number of anilines is 1. The molecule has 0 spiro atoms. The molecule has 0 bridgehead atoms. The number of alkyl halides is 3. The van der Waals surface area contributed by atoms with Crippen LogP contribution in [0, 0.1) is 0 Å². The van der Waals surface area contributed by atoms with Gasteiger partial charge in [-0.3, -0.25) is 5.73 Å². The zero-order valence-corrected chi connectivity index (χ0v) is 12.1. The molecule has 0 fully saturated rings. The Hall–Kier alpha value is -2.28. The van der Waals surface area contributed by atoms with Gasteiger partial charge in [0.05, 0.1) is 4.70 Å². The zero-order valence-electron chi connectivity index (χ0n) is 11.3. The molecule has 0 radical (unpaired) electrons. The highest BCUT2D eigenvalue weighted by Gasteiger charge is 2.31. The van der Waals surface area contributed by atoms with Crippen molar-refractivity contribution in [3.05, 3.63) is 54.1 Å². The van der Waals surface area contributed by atoms with E-state index in [0.717, 1.165) is 11.1 Å². The number of ether oxygens (including phenoxy) is 1. The molecule has 22 heavy (non-hydrogen) atoms. The van der Waals surface area contributed by atoms with Crippen molar-refractivity contribution < 1.29 is 22.5 Å². The fraction of sp³-hybridized carbons (Fsp3) is 0.133. The van der Waals surface area contributed by atoms with E-state index in [1.165, 1.54) is 23.5 Å². The molecule has 1 aromatic heterocycles. The second kappa shape index (κ2) is 5.49. The summed E-state index contributed by atoms with van der Waals surface area (Å²) >= 11 is 1.23. The normalized spacial score (nSPS) is 11.8. The number of aromatic nitrogens is 1. The molecule has 0 aliphatic carbocycles. The number of nitrogens with zero attached hydrogens (tertiary/aromatic N) is 1. The summed E-state index contributed by atoms with van der Waals surface area (Å²) in [6.45, 7) is 0.562. The minimum Gasteiger partial charge on any atom is -0.406 e. The summed E-state index contributed by atoms with van der Waals surface area (Å²) in [5.41, 5.74) is 7.84. The predicted molar refractivity (Wildman–Crippen MR) is 78.7 cm³/mol. The number of hydrogen-bond acceptors (Lipinski definition) is 3. The summed E-state index contributed by atoms with van der Waals surface area (Å²) in [6.07, 6.45) is -4.70. The molecular weight excluding hydrogens is 313 g/mol. The van der Waals surface area contributed by atoms with Crippen molar-refractivity contribution in [1.29, 1.82) is 0 Å². The van der Waals surface area contributed by atoms with Crippen LogP contribution in [0.3, 0.4) is 0 Å². The Morgan fingerprint density at radius 3 is 2.50 bits per heavy atom. The van der Waals surface area contributed by atoms with Crippen LogP contribution in [0.2, 0.25) is 0 Å². The zero-order chi connectivity index (χ0) is 15.7. The maximum atomic E-state index is 12.3. The molecule has 1 heterocycles. The quantitative estimate of drug-likeness (QED) is 0.746. The Morgan fingerprint density at radius 2 is 1.82 bits per heavy atom. The third-order valence-corrected chi connectivity index (χ3v) is 4.10. The lowest BCUT2D eigenvalue weighted by Crippen LogP contribution is -2.35. The van der Waals surface area contributed by atoms with Crippen LogP contribution in [-0.2, 0) is 6.54 Å². The summed E-state index contributed by atoms with van der Waals surface area (Å²) in [7, 11) is 0. The van der Waals surface area contributed by atoms with Crippen LogP contribution in [-0.4, -0.2) is 6.36 Å². The van der Waals surface area contributed by atoms with E-state index in [4.69, 9.17) is 5.73 Å². The molecule has 0 unspecified atom stereocenters. The lowest BCUT2D eigenvalue weighted by atomic mass is 10.2. The first-order valence-electron chi connectivity index (χ1n) is 6.44. The van der Waals surface area contributed by atoms with Gasteiger partial charge in [-0.2, -0.15) is 0 Å². The van der Waals surface area contributed by atoms with E-state index >= 15 is 0 Å². The van der Waals surface area contributed by atoms with Crippen LogP contribution >= 0.6 is 11.3 Å². The molecule has 3 rings (SSSR count). The van der Waals surface area contributed by atoms with Gasteiger partial charge in [-0.1, -0.05) is 30.3 Å². The van der Waals surface area contributed by atoms with E-state index in [1.54, 1.807) is 6.07 Å². The molecule has 0 aliphatic rings. The minimum absolute atomic E-state index is 0.242. The van der Waals surface area contributed by atoms with Crippen molar-refractivity contribution >= 4 is 26.7 Å². The highest BCUT2D eigenvalue weighted by atomic mass is 32.1. The molecular formula is C15H12F3N2OS+. The van der Waals surface area contributed by atoms with E-state index in [1.807, 2.05) is 34.9 Å². The maximum Gasteiger partial charge on any atom is 0.573 e. The summed E-state index contributed by atoms with van der Waals surface area (Å²) < 4.78 is 43.2. The van der Waals surface area contributed by atoms with E-state index in [-0.39, 0.29) is 5.75 Å². The maximum absolute atomic E-state index is 12.3. The van der Waals surface area contributed by atoms with Crippen molar-refractivity contribution in [2.75, 3.05) is 5.73 Å². The Labute approximate surface area is 128 Å². The fourth-order valence-corrected chi connectivity index (χ4v) is 3.17. The van der Waals surface area contributed by atoms with E-state index < -0.39 is 6.36 Å². The van der Waals surface area contributed by atoms with Gasteiger partial charge in [-0.05, 0) is 29.0 Å². The monoisotopic (exact) mass is 325 g/mol. The third-order valence-electron chi connectivity index (χ3n) is 3.12. The summed E-state index contributed by atoms with van der Waals surface area (Å²) in [5.74, 6) is -0.242. The average Bonchev–Trinajstić information content (AvgIpc) is 2.74. The number of fused-ring (bicyclic) bond motifs is 1. The van der Waals surface area contributed by atoms with Gasteiger partial charge in [0.15, 0.2) is 0 Å². The van der Waals surface area contributed by atoms with E-state index in [2.05, 4.69) is 4.74 Å². The van der Waals surface area contributed by atoms with Crippen LogP contribution in [0.1, 0.15) is 5.56 Å². The van der Waals surface area contributed by atoms with Crippen molar-refractivity contribution in [1.82, 2.24) is 0 Å². The van der Waals surface area contributed by atoms with Crippen molar-refractivity contribution in [3.8, 4) is 5.75 Å². The number of rotatable bonds is 3. The Balaban J connectivity index is 1.97. The summed E-state index contributed by atoms with van der Waals surface area (Å²) in [5, 5.41) is 0.531. The number of hydrogen-bond donors (Lipinski definition) is 1. The van der Waals surface area contributed by atoms with Crippen molar-refractivity contribution in [2.45, 2.75) is 12.9 Å². The van der Waals surface area contributed by atoms with Gasteiger partial charge < -0.3 is 4.74 Å². The molecule has 0 saturated carbocycles. The second-order valence-electron chi connectivity index (χ2n) is 4.69. The van der Waals surface area contributed by atoms with Gasteiger partial charge in [0.1, 0.15) is 17.8 Å². The second-order valence-corrected chi connectivity index (χ2v) is 5.75. The number of nitrogens with two attached hydrogens (primary N) is 1. The Morgan fingerprint density at radius 1 is 1.09 bits per heavy atom. The highest BCUT2D eigenvalue weighted by Crippen LogP contribution is 2.29. The number of thiazole rings is 1. The molecule has 3 nitrogen and oxygen atoms in total. The Bertz CT molecular complexity index is 800. The SMILES string of the molecule is Nc1sc2cc(OC(F)(F)F)ccc2[n+]1Cc1ccccc1. The number of nitrogen functional groups attached to an aromatic ring is 1. The first-order chi connectivity index (χ1) is 10.4. The Kier molecular flexibility index (Phi) is 3.66. The molecule has 2 N–H and O–H groups in total. The first kappa shape index (κ1) is 14.6. The number of halogens is 3. The molecule has 0 aliphatic heterocycles. The molecule has 2 aromatic carbocycles.